The number of aromatic nitrogens is 1. The normalized spacial score (nSPS) is 25.3. The summed E-state index contributed by atoms with van der Waals surface area (Å²) in [5.41, 5.74) is 10.2. The van der Waals surface area contributed by atoms with Gasteiger partial charge < -0.3 is 41.4 Å². The number of aryl methyl sites for hydroxylation is 1. The van der Waals surface area contributed by atoms with Crippen molar-refractivity contribution in [3.05, 3.63) is 27.4 Å². The summed E-state index contributed by atoms with van der Waals surface area (Å²) in [6, 6.07) is -1.95. The maximum Gasteiger partial charge on any atom is 0.307 e. The van der Waals surface area contributed by atoms with Crippen molar-refractivity contribution in [2.24, 2.45) is 41.4 Å². The summed E-state index contributed by atoms with van der Waals surface area (Å²) in [5.74, 6) is -1.14. The second-order valence-electron chi connectivity index (χ2n) is 19.2. The molecule has 2 aliphatic carbocycles. The second kappa shape index (κ2) is 22.8. The summed E-state index contributed by atoms with van der Waals surface area (Å²) in [6.45, 7) is 15.0. The monoisotopic (exact) mass is 885 g/mol. The number of ether oxygens (including phenoxy) is 1. The fraction of sp³-hybridized carbons (Fsp3) is 0.783. The largest absolute Gasteiger partial charge is 0.481 e. The highest BCUT2D eigenvalue weighted by Gasteiger charge is 2.55. The number of rotatable bonds is 22. The standard InChI is InChI=1S/C46H76N8O7S/c1-10-12-35(51-45(58)42(26(4)5)52-44(57)41(47-8)25(2)3)37(61-9)22-39(55)54-18-11-13-31(54)19-27(6)43(56)50-30(21-38-49-28(7)24-62-38)20-36-32-16-17-34-33(40(34)46(59)60)15-14-29(32)23-48-53-36/h24-27,29-31,33-35,37,40-42,47-48,53H,10-23H2,1-9H3,(H,50,56)(H,51,58)(H,52,57)(H,59,60)/t27?,29?,30-,31?,33?,34?,35?,37?,40?,41?,42?/m0/s1. The number of fused-ring (bicyclic) bond motifs is 2. The molecule has 2 saturated carbocycles. The third kappa shape index (κ3) is 12.8. The molecule has 1 aromatic heterocycles. The number of carbonyl (C=O) groups is 5. The van der Waals surface area contributed by atoms with Crippen molar-refractivity contribution in [1.29, 1.82) is 0 Å². The Morgan fingerprint density at radius 3 is 2.29 bits per heavy atom. The molecule has 1 aromatic rings. The highest BCUT2D eigenvalue weighted by atomic mass is 32.1. The first-order chi connectivity index (χ1) is 29.6. The van der Waals surface area contributed by atoms with E-state index < -0.39 is 30.2 Å². The Morgan fingerprint density at radius 1 is 0.952 bits per heavy atom. The van der Waals surface area contributed by atoms with E-state index in [4.69, 9.17) is 9.72 Å². The van der Waals surface area contributed by atoms with E-state index in [1.807, 2.05) is 58.7 Å². The van der Waals surface area contributed by atoms with Gasteiger partial charge in [-0.3, -0.25) is 24.0 Å². The van der Waals surface area contributed by atoms with Crippen LogP contribution in [-0.2, 0) is 35.1 Å². The zero-order valence-electron chi connectivity index (χ0n) is 38.7. The number of carboxylic acids is 1. The minimum atomic E-state index is -0.754. The Hall–Kier alpha value is -3.60. The lowest BCUT2D eigenvalue weighted by Crippen LogP contribution is -2.58. The molecular formula is C46H76N8O7S. The molecule has 7 N–H and O–H groups in total. The number of carboxylic acid groups (broad SMARTS) is 1. The minimum Gasteiger partial charge on any atom is -0.481 e. The van der Waals surface area contributed by atoms with Gasteiger partial charge in [0.25, 0.3) is 0 Å². The van der Waals surface area contributed by atoms with Crippen LogP contribution in [0.3, 0.4) is 0 Å². The minimum absolute atomic E-state index is 0.0399. The maximum atomic E-state index is 14.1. The number of amides is 4. The van der Waals surface area contributed by atoms with E-state index >= 15 is 0 Å². The molecule has 0 spiro atoms. The topological polar surface area (TPSA) is 203 Å². The summed E-state index contributed by atoms with van der Waals surface area (Å²) in [5, 5.41) is 25.3. The Kier molecular flexibility index (Phi) is 18.2. The Labute approximate surface area is 373 Å². The quantitative estimate of drug-likeness (QED) is 0.0867. The number of hydrogen-bond donors (Lipinski definition) is 7. The summed E-state index contributed by atoms with van der Waals surface area (Å²) in [4.78, 5) is 73.5. The number of carbonyl (C=O) groups excluding carboxylic acids is 4. The van der Waals surface area contributed by atoms with E-state index in [1.54, 1.807) is 25.5 Å². The number of thiazole rings is 1. The fourth-order valence-corrected chi connectivity index (χ4v) is 11.3. The molecular weight excluding hydrogens is 809 g/mol. The predicted octanol–water partition coefficient (Wildman–Crippen LogP) is 4.46. The maximum absolute atomic E-state index is 14.1. The number of nitrogens with one attached hydrogen (secondary N) is 6. The number of methoxy groups -OCH3 is 1. The van der Waals surface area contributed by atoms with Gasteiger partial charge in [-0.25, -0.2) is 10.4 Å². The molecule has 62 heavy (non-hydrogen) atoms. The summed E-state index contributed by atoms with van der Waals surface area (Å²) >= 11 is 1.60. The lowest BCUT2D eigenvalue weighted by Gasteiger charge is -2.34. The van der Waals surface area contributed by atoms with Gasteiger partial charge in [0, 0.05) is 67.8 Å². The van der Waals surface area contributed by atoms with Crippen molar-refractivity contribution >= 4 is 40.9 Å². The molecule has 348 valence electrons. The van der Waals surface area contributed by atoms with E-state index in [0.717, 1.165) is 67.9 Å². The third-order valence-corrected chi connectivity index (χ3v) is 14.9. The van der Waals surface area contributed by atoms with Gasteiger partial charge in [-0.2, -0.15) is 0 Å². The van der Waals surface area contributed by atoms with Crippen LogP contribution in [-0.4, -0.2) is 108 Å². The Bertz CT molecular complexity index is 1740. The molecule has 0 radical (unpaired) electrons. The third-order valence-electron chi connectivity index (χ3n) is 13.9. The Morgan fingerprint density at radius 2 is 1.66 bits per heavy atom. The number of hydrogen-bond acceptors (Lipinski definition) is 11. The first-order valence-corrected chi connectivity index (χ1v) is 24.2. The van der Waals surface area contributed by atoms with Crippen molar-refractivity contribution in [3.63, 3.8) is 0 Å². The molecule has 3 fully saturated rings. The molecule has 4 amide bonds. The van der Waals surface area contributed by atoms with Crippen LogP contribution in [0.2, 0.25) is 0 Å². The van der Waals surface area contributed by atoms with E-state index in [9.17, 15) is 29.1 Å². The molecule has 16 heteroatoms. The number of aliphatic carboxylic acids is 1. The molecule has 15 nitrogen and oxygen atoms in total. The van der Waals surface area contributed by atoms with Crippen LogP contribution in [0.5, 0.6) is 0 Å². The average molecular weight is 885 g/mol. The molecule has 0 bridgehead atoms. The average Bonchev–Trinajstić information content (AvgIpc) is 3.44. The molecule has 10 unspecified atom stereocenters. The van der Waals surface area contributed by atoms with Gasteiger partial charge in [-0.05, 0) is 101 Å². The molecule has 11 atom stereocenters. The van der Waals surface area contributed by atoms with E-state index in [-0.39, 0.29) is 77.6 Å². The van der Waals surface area contributed by atoms with Crippen LogP contribution < -0.4 is 32.1 Å². The van der Waals surface area contributed by atoms with Crippen LogP contribution in [0.4, 0.5) is 0 Å². The van der Waals surface area contributed by atoms with Crippen molar-refractivity contribution in [2.75, 3.05) is 27.2 Å². The number of hydrazine groups is 1. The lowest BCUT2D eigenvalue weighted by molar-refractivity contribution is -0.139. The van der Waals surface area contributed by atoms with E-state index in [1.165, 1.54) is 5.57 Å². The summed E-state index contributed by atoms with van der Waals surface area (Å²) < 4.78 is 5.92. The highest BCUT2D eigenvalue weighted by molar-refractivity contribution is 7.09. The smallest absolute Gasteiger partial charge is 0.307 e. The van der Waals surface area contributed by atoms with Gasteiger partial charge in [-0.15, -0.1) is 11.3 Å². The first-order valence-electron chi connectivity index (χ1n) is 23.3. The van der Waals surface area contributed by atoms with Gasteiger partial charge in [-0.1, -0.05) is 48.0 Å². The molecule has 1 saturated heterocycles. The summed E-state index contributed by atoms with van der Waals surface area (Å²) in [7, 11) is 3.30. The van der Waals surface area contributed by atoms with Crippen LogP contribution >= 0.6 is 11.3 Å². The molecule has 0 aromatic carbocycles. The fourth-order valence-electron chi connectivity index (χ4n) is 10.4. The first kappa shape index (κ1) is 49.4. The van der Waals surface area contributed by atoms with Crippen LogP contribution in [0.15, 0.2) is 16.7 Å². The molecule has 3 heterocycles. The van der Waals surface area contributed by atoms with Gasteiger partial charge >= 0.3 is 5.97 Å². The highest BCUT2D eigenvalue weighted by Crippen LogP contribution is 2.55. The molecule has 5 rings (SSSR count). The van der Waals surface area contributed by atoms with Crippen molar-refractivity contribution in [3.8, 4) is 0 Å². The van der Waals surface area contributed by atoms with Crippen LogP contribution in [0.1, 0.15) is 123 Å². The van der Waals surface area contributed by atoms with Crippen LogP contribution in [0, 0.1) is 48.3 Å². The SMILES string of the molecule is CCCC(NC(=O)C(NC(=O)C(NC)C(C)C)C(C)C)C(CC(=O)N1CCCC1CC(C)C(=O)N[C@@H](CC1=C2CCC3C(CCC2CNN1)C3C(=O)O)Cc1nc(C)cs1)OC. The van der Waals surface area contributed by atoms with Crippen molar-refractivity contribution < 1.29 is 33.8 Å². The zero-order valence-corrected chi connectivity index (χ0v) is 39.5. The summed E-state index contributed by atoms with van der Waals surface area (Å²) in [6.07, 6.45) is 7.85. The van der Waals surface area contributed by atoms with Gasteiger partial charge in [0.1, 0.15) is 6.04 Å². The van der Waals surface area contributed by atoms with Crippen molar-refractivity contribution in [2.45, 2.75) is 162 Å². The molecule has 4 aliphatic rings. The van der Waals surface area contributed by atoms with Gasteiger partial charge in [0.2, 0.25) is 23.6 Å². The molecule has 2 aliphatic heterocycles. The second-order valence-corrected chi connectivity index (χ2v) is 20.1. The number of nitrogens with zero attached hydrogens (tertiary/aromatic N) is 2. The Balaban J connectivity index is 1.22. The number of likely N-dealkylation sites (tertiary alicyclic amines) is 1. The van der Waals surface area contributed by atoms with E-state index in [0.29, 0.717) is 38.1 Å². The predicted molar refractivity (Wildman–Crippen MR) is 241 cm³/mol. The zero-order chi connectivity index (χ0) is 45.2. The van der Waals surface area contributed by atoms with E-state index in [2.05, 4.69) is 32.1 Å². The van der Waals surface area contributed by atoms with Crippen LogP contribution in [0.25, 0.3) is 0 Å². The van der Waals surface area contributed by atoms with Gasteiger partial charge in [0.15, 0.2) is 0 Å². The van der Waals surface area contributed by atoms with Gasteiger partial charge in [0.05, 0.1) is 35.5 Å². The lowest BCUT2D eigenvalue weighted by atomic mass is 9.83. The van der Waals surface area contributed by atoms with Crippen molar-refractivity contribution in [1.82, 2.24) is 42.0 Å². The number of likely N-dealkylation sites (N-methyl/N-ethyl adjacent to an activating group) is 1.